The fraction of sp³-hybridized carbons (Fsp3) is 0.368. The van der Waals surface area contributed by atoms with Crippen molar-refractivity contribution in [2.45, 2.75) is 18.9 Å². The SMILES string of the molecule is COc1cccc(-c2nn(C)c3sc(C(=O)NCC4CCCO4)cc23)c1. The van der Waals surface area contributed by atoms with Crippen LogP contribution in [-0.2, 0) is 11.8 Å². The normalized spacial score (nSPS) is 16.9. The average Bonchev–Trinajstić information content (AvgIpc) is 3.38. The van der Waals surface area contributed by atoms with E-state index in [2.05, 4.69) is 10.4 Å². The molecule has 2 aromatic heterocycles. The lowest BCUT2D eigenvalue weighted by Crippen LogP contribution is -2.31. The first-order valence-electron chi connectivity index (χ1n) is 8.66. The number of carbonyl (C=O) groups is 1. The van der Waals surface area contributed by atoms with Gasteiger partial charge in [0.05, 0.1) is 18.1 Å². The highest BCUT2D eigenvalue weighted by Gasteiger charge is 2.20. The number of benzene rings is 1. The van der Waals surface area contributed by atoms with Gasteiger partial charge in [-0.25, -0.2) is 0 Å². The van der Waals surface area contributed by atoms with Crippen LogP contribution in [0.2, 0.25) is 0 Å². The van der Waals surface area contributed by atoms with Crippen LogP contribution in [0.3, 0.4) is 0 Å². The monoisotopic (exact) mass is 371 g/mol. The third kappa shape index (κ3) is 3.20. The van der Waals surface area contributed by atoms with E-state index < -0.39 is 0 Å². The van der Waals surface area contributed by atoms with Gasteiger partial charge in [0.25, 0.3) is 5.91 Å². The molecule has 1 aliphatic heterocycles. The lowest BCUT2D eigenvalue weighted by molar-refractivity contribution is 0.0861. The van der Waals surface area contributed by atoms with Crippen molar-refractivity contribution in [2.75, 3.05) is 20.3 Å². The van der Waals surface area contributed by atoms with Crippen molar-refractivity contribution in [1.82, 2.24) is 15.1 Å². The number of thiophene rings is 1. The molecule has 4 rings (SSSR count). The number of methoxy groups -OCH3 is 1. The lowest BCUT2D eigenvalue weighted by atomic mass is 10.1. The van der Waals surface area contributed by atoms with Crippen LogP contribution in [0.15, 0.2) is 30.3 Å². The first kappa shape index (κ1) is 17.1. The maximum absolute atomic E-state index is 12.5. The van der Waals surface area contributed by atoms with Gasteiger partial charge in [-0.2, -0.15) is 5.10 Å². The van der Waals surface area contributed by atoms with Crippen molar-refractivity contribution in [3.8, 4) is 17.0 Å². The number of aromatic nitrogens is 2. The highest BCUT2D eigenvalue weighted by atomic mass is 32.1. The fourth-order valence-electron chi connectivity index (χ4n) is 3.24. The van der Waals surface area contributed by atoms with Crippen LogP contribution in [0.4, 0.5) is 0 Å². The van der Waals surface area contributed by atoms with Crippen LogP contribution >= 0.6 is 11.3 Å². The number of hydrogen-bond acceptors (Lipinski definition) is 5. The predicted octanol–water partition coefficient (Wildman–Crippen LogP) is 3.22. The van der Waals surface area contributed by atoms with E-state index in [1.807, 2.05) is 42.1 Å². The van der Waals surface area contributed by atoms with Crippen molar-refractivity contribution in [2.24, 2.45) is 7.05 Å². The Kier molecular flexibility index (Phi) is 4.65. The van der Waals surface area contributed by atoms with Gasteiger partial charge in [0.1, 0.15) is 16.3 Å². The summed E-state index contributed by atoms with van der Waals surface area (Å²) in [7, 11) is 3.55. The summed E-state index contributed by atoms with van der Waals surface area (Å²) in [6.45, 7) is 1.35. The molecular weight excluding hydrogens is 350 g/mol. The topological polar surface area (TPSA) is 65.4 Å². The van der Waals surface area contributed by atoms with E-state index in [-0.39, 0.29) is 12.0 Å². The van der Waals surface area contributed by atoms with Gasteiger partial charge in [-0.05, 0) is 31.0 Å². The minimum absolute atomic E-state index is 0.0571. The maximum atomic E-state index is 12.5. The number of hydrogen-bond donors (Lipinski definition) is 1. The first-order valence-corrected chi connectivity index (χ1v) is 9.48. The molecule has 3 aromatic rings. The quantitative estimate of drug-likeness (QED) is 0.748. The van der Waals surface area contributed by atoms with Crippen LogP contribution in [0, 0.1) is 0 Å². The summed E-state index contributed by atoms with van der Waals surface area (Å²) in [4.78, 5) is 14.2. The van der Waals surface area contributed by atoms with Crippen molar-refractivity contribution >= 4 is 27.5 Å². The van der Waals surface area contributed by atoms with Gasteiger partial charge in [-0.3, -0.25) is 9.48 Å². The molecule has 1 fully saturated rings. The van der Waals surface area contributed by atoms with E-state index >= 15 is 0 Å². The Labute approximate surface area is 155 Å². The summed E-state index contributed by atoms with van der Waals surface area (Å²) in [5, 5.41) is 8.59. The Morgan fingerprint density at radius 3 is 3.12 bits per heavy atom. The Morgan fingerprint density at radius 2 is 2.35 bits per heavy atom. The number of nitrogens with one attached hydrogen (secondary N) is 1. The highest BCUT2D eigenvalue weighted by molar-refractivity contribution is 7.20. The molecule has 0 spiro atoms. The van der Waals surface area contributed by atoms with Gasteiger partial charge >= 0.3 is 0 Å². The highest BCUT2D eigenvalue weighted by Crippen LogP contribution is 2.34. The third-order valence-corrected chi connectivity index (χ3v) is 5.79. The van der Waals surface area contributed by atoms with E-state index in [0.717, 1.165) is 46.7 Å². The van der Waals surface area contributed by atoms with Crippen molar-refractivity contribution in [3.05, 3.63) is 35.2 Å². The van der Waals surface area contributed by atoms with E-state index in [1.54, 1.807) is 7.11 Å². The summed E-state index contributed by atoms with van der Waals surface area (Å²) >= 11 is 1.46. The molecule has 136 valence electrons. The zero-order valence-electron chi connectivity index (χ0n) is 14.8. The smallest absolute Gasteiger partial charge is 0.261 e. The van der Waals surface area contributed by atoms with Crippen LogP contribution < -0.4 is 10.1 Å². The zero-order valence-corrected chi connectivity index (χ0v) is 15.6. The molecule has 0 saturated carbocycles. The molecule has 1 unspecified atom stereocenters. The molecule has 1 amide bonds. The molecule has 1 atom stereocenters. The molecule has 1 aliphatic rings. The number of aryl methyl sites for hydroxylation is 1. The summed E-state index contributed by atoms with van der Waals surface area (Å²) in [6, 6.07) is 9.72. The summed E-state index contributed by atoms with van der Waals surface area (Å²) in [5.74, 6) is 0.726. The minimum atomic E-state index is -0.0571. The van der Waals surface area contributed by atoms with Crippen LogP contribution in [-0.4, -0.2) is 42.1 Å². The standard InChI is InChI=1S/C19H21N3O3S/c1-22-19-15(17(21-22)12-5-3-6-13(9-12)24-2)10-16(26-19)18(23)20-11-14-7-4-8-25-14/h3,5-6,9-10,14H,4,7-8,11H2,1-2H3,(H,20,23). The minimum Gasteiger partial charge on any atom is -0.497 e. The van der Waals surface area contributed by atoms with Crippen molar-refractivity contribution in [1.29, 1.82) is 0 Å². The van der Waals surface area contributed by atoms with Crippen molar-refractivity contribution in [3.63, 3.8) is 0 Å². The van der Waals surface area contributed by atoms with Gasteiger partial charge in [-0.15, -0.1) is 11.3 Å². The van der Waals surface area contributed by atoms with E-state index in [4.69, 9.17) is 9.47 Å². The average molecular weight is 371 g/mol. The lowest BCUT2D eigenvalue weighted by Gasteiger charge is -2.09. The number of carbonyl (C=O) groups excluding carboxylic acids is 1. The molecule has 7 heteroatoms. The molecule has 26 heavy (non-hydrogen) atoms. The molecule has 1 N–H and O–H groups in total. The Balaban J connectivity index is 1.61. The molecule has 0 bridgehead atoms. The second-order valence-corrected chi connectivity index (χ2v) is 7.41. The Bertz CT molecular complexity index is 941. The molecule has 3 heterocycles. The Hall–Kier alpha value is -2.38. The number of nitrogens with zero attached hydrogens (tertiary/aromatic N) is 2. The maximum Gasteiger partial charge on any atom is 0.261 e. The molecular formula is C19H21N3O3S. The number of ether oxygens (including phenoxy) is 2. The molecule has 0 radical (unpaired) electrons. The van der Waals surface area contributed by atoms with E-state index in [1.165, 1.54) is 11.3 Å². The first-order chi connectivity index (χ1) is 12.7. The summed E-state index contributed by atoms with van der Waals surface area (Å²) in [6.07, 6.45) is 2.22. The Morgan fingerprint density at radius 1 is 1.46 bits per heavy atom. The van der Waals surface area contributed by atoms with Crippen LogP contribution in [0.5, 0.6) is 5.75 Å². The number of rotatable bonds is 5. The third-order valence-electron chi connectivity index (χ3n) is 4.59. The van der Waals surface area contributed by atoms with Crippen LogP contribution in [0.25, 0.3) is 21.5 Å². The fourth-order valence-corrected chi connectivity index (χ4v) is 4.22. The summed E-state index contributed by atoms with van der Waals surface area (Å²) in [5.41, 5.74) is 1.83. The van der Waals surface area contributed by atoms with Gasteiger partial charge in [0.15, 0.2) is 0 Å². The molecule has 6 nitrogen and oxygen atoms in total. The largest absolute Gasteiger partial charge is 0.497 e. The second-order valence-electron chi connectivity index (χ2n) is 6.38. The van der Waals surface area contributed by atoms with E-state index in [9.17, 15) is 4.79 Å². The van der Waals surface area contributed by atoms with Gasteiger partial charge < -0.3 is 14.8 Å². The van der Waals surface area contributed by atoms with Crippen molar-refractivity contribution < 1.29 is 14.3 Å². The van der Waals surface area contributed by atoms with E-state index in [0.29, 0.717) is 11.4 Å². The predicted molar refractivity (Wildman–Crippen MR) is 102 cm³/mol. The summed E-state index contributed by atoms with van der Waals surface area (Å²) < 4.78 is 12.7. The number of fused-ring (bicyclic) bond motifs is 1. The van der Waals surface area contributed by atoms with Gasteiger partial charge in [0, 0.05) is 31.1 Å². The van der Waals surface area contributed by atoms with Gasteiger partial charge in [-0.1, -0.05) is 12.1 Å². The second kappa shape index (κ2) is 7.09. The van der Waals surface area contributed by atoms with Crippen LogP contribution in [0.1, 0.15) is 22.5 Å². The molecule has 0 aliphatic carbocycles. The molecule has 1 saturated heterocycles. The zero-order chi connectivity index (χ0) is 18.1. The number of amides is 1. The molecule has 1 aromatic carbocycles. The van der Waals surface area contributed by atoms with Gasteiger partial charge in [0.2, 0.25) is 0 Å².